The quantitative estimate of drug-likeness (QED) is 0.910. The Bertz CT molecular complexity index is 667. The third-order valence-electron chi connectivity index (χ3n) is 3.62. The molecular weight excluding hydrogens is 330 g/mol. The molecule has 3 nitrogen and oxygen atoms in total. The largest absolute Gasteiger partial charge is 0.508 e. The first kappa shape index (κ1) is 14.1. The fourth-order valence-corrected chi connectivity index (χ4v) is 2.85. The van der Waals surface area contributed by atoms with Gasteiger partial charge in [-0.05, 0) is 58.6 Å². The highest BCUT2D eigenvalue weighted by atomic mass is 79.9. The third-order valence-corrected chi connectivity index (χ3v) is 4.31. The molecule has 4 heteroatoms. The van der Waals surface area contributed by atoms with Crippen LogP contribution in [0.25, 0.3) is 0 Å². The van der Waals surface area contributed by atoms with Gasteiger partial charge in [0.05, 0.1) is 5.56 Å². The van der Waals surface area contributed by atoms with Gasteiger partial charge in [-0.1, -0.05) is 24.3 Å². The summed E-state index contributed by atoms with van der Waals surface area (Å²) in [5.41, 5.74) is 1.63. The van der Waals surface area contributed by atoms with E-state index in [2.05, 4.69) is 15.9 Å². The minimum atomic E-state index is 0.0355. The van der Waals surface area contributed by atoms with Gasteiger partial charge in [0, 0.05) is 17.1 Å². The number of aromatic hydroxyl groups is 1. The van der Waals surface area contributed by atoms with Crippen LogP contribution in [0.1, 0.15) is 28.8 Å². The molecule has 3 rings (SSSR count). The van der Waals surface area contributed by atoms with Crippen molar-refractivity contribution < 1.29 is 9.90 Å². The maximum Gasteiger partial charge on any atom is 0.255 e. The number of carbonyl (C=O) groups is 1. The molecule has 108 valence electrons. The molecule has 0 bridgehead atoms. The number of amides is 1. The number of phenolic OH excluding ortho intramolecular Hbond substituents is 1. The maximum atomic E-state index is 12.8. The van der Waals surface area contributed by atoms with Gasteiger partial charge >= 0.3 is 0 Å². The van der Waals surface area contributed by atoms with Crippen molar-refractivity contribution in [2.45, 2.75) is 25.4 Å². The molecule has 0 atom stereocenters. The molecule has 1 aliphatic carbocycles. The molecule has 0 unspecified atom stereocenters. The summed E-state index contributed by atoms with van der Waals surface area (Å²) < 4.78 is 0.816. The van der Waals surface area contributed by atoms with Gasteiger partial charge in [-0.15, -0.1) is 0 Å². The average Bonchev–Trinajstić information content (AvgIpc) is 3.29. The number of phenols is 1. The van der Waals surface area contributed by atoms with Crippen LogP contribution in [0.4, 0.5) is 0 Å². The first-order valence-corrected chi connectivity index (χ1v) is 7.78. The molecular formula is C17H16BrNO2. The fraction of sp³-hybridized carbons (Fsp3) is 0.235. The second-order valence-corrected chi connectivity index (χ2v) is 6.17. The summed E-state index contributed by atoms with van der Waals surface area (Å²) in [6.07, 6.45) is 2.10. The molecule has 2 aromatic carbocycles. The third kappa shape index (κ3) is 3.27. The molecule has 1 saturated carbocycles. The Morgan fingerprint density at radius 2 is 1.95 bits per heavy atom. The Morgan fingerprint density at radius 3 is 2.62 bits per heavy atom. The molecule has 0 saturated heterocycles. The molecule has 2 aromatic rings. The van der Waals surface area contributed by atoms with Crippen molar-refractivity contribution in [2.75, 3.05) is 0 Å². The smallest absolute Gasteiger partial charge is 0.255 e. The van der Waals surface area contributed by atoms with Crippen molar-refractivity contribution in [1.82, 2.24) is 4.90 Å². The predicted molar refractivity (Wildman–Crippen MR) is 85.1 cm³/mol. The van der Waals surface area contributed by atoms with Crippen molar-refractivity contribution in [1.29, 1.82) is 0 Å². The molecule has 0 radical (unpaired) electrons. The van der Waals surface area contributed by atoms with Crippen LogP contribution >= 0.6 is 15.9 Å². The lowest BCUT2D eigenvalue weighted by Gasteiger charge is -2.23. The predicted octanol–water partition coefficient (Wildman–Crippen LogP) is 3.96. The minimum absolute atomic E-state index is 0.0355. The van der Waals surface area contributed by atoms with Crippen LogP contribution in [0.3, 0.4) is 0 Å². The van der Waals surface area contributed by atoms with Gasteiger partial charge < -0.3 is 10.0 Å². The average molecular weight is 346 g/mol. The summed E-state index contributed by atoms with van der Waals surface area (Å²) in [5.74, 6) is 0.268. The second-order valence-electron chi connectivity index (χ2n) is 5.31. The number of hydrogen-bond acceptors (Lipinski definition) is 2. The van der Waals surface area contributed by atoms with Crippen molar-refractivity contribution in [3.63, 3.8) is 0 Å². The summed E-state index contributed by atoms with van der Waals surface area (Å²) in [6.45, 7) is 0.527. The first-order valence-electron chi connectivity index (χ1n) is 6.98. The topological polar surface area (TPSA) is 40.5 Å². The molecule has 0 spiro atoms. The standard InChI is InChI=1S/C17H16BrNO2/c18-16-7-2-1-6-15(16)17(21)19(13-8-9-13)11-12-4-3-5-14(20)10-12/h1-7,10,13,20H,8-9,11H2. The van der Waals surface area contributed by atoms with E-state index in [0.29, 0.717) is 18.2 Å². The highest BCUT2D eigenvalue weighted by Crippen LogP contribution is 2.31. The van der Waals surface area contributed by atoms with Crippen LogP contribution in [-0.2, 0) is 6.54 Å². The van der Waals surface area contributed by atoms with Crippen LogP contribution in [0.2, 0.25) is 0 Å². The molecule has 0 aliphatic heterocycles. The van der Waals surface area contributed by atoms with Crippen LogP contribution in [0, 0.1) is 0 Å². The molecule has 1 N–H and O–H groups in total. The van der Waals surface area contributed by atoms with E-state index < -0.39 is 0 Å². The summed E-state index contributed by atoms with van der Waals surface area (Å²) in [4.78, 5) is 14.7. The Labute approximate surface area is 132 Å². The van der Waals surface area contributed by atoms with Gasteiger partial charge in [-0.2, -0.15) is 0 Å². The molecule has 1 amide bonds. The Morgan fingerprint density at radius 1 is 1.19 bits per heavy atom. The molecule has 1 aliphatic rings. The number of benzene rings is 2. The van der Waals surface area contributed by atoms with E-state index >= 15 is 0 Å². The van der Waals surface area contributed by atoms with E-state index in [-0.39, 0.29) is 11.7 Å². The highest BCUT2D eigenvalue weighted by molar-refractivity contribution is 9.10. The van der Waals surface area contributed by atoms with Gasteiger partial charge in [-0.3, -0.25) is 4.79 Å². The zero-order valence-corrected chi connectivity index (χ0v) is 13.1. The molecule has 0 heterocycles. The van der Waals surface area contributed by atoms with Crippen LogP contribution in [0.5, 0.6) is 5.75 Å². The van der Waals surface area contributed by atoms with Crippen molar-refractivity contribution in [3.05, 3.63) is 64.1 Å². The van der Waals surface area contributed by atoms with Gasteiger partial charge in [0.15, 0.2) is 0 Å². The zero-order valence-electron chi connectivity index (χ0n) is 11.5. The summed E-state index contributed by atoms with van der Waals surface area (Å²) in [6, 6.07) is 14.9. The van der Waals surface area contributed by atoms with E-state index in [9.17, 15) is 9.90 Å². The van der Waals surface area contributed by atoms with Crippen LogP contribution < -0.4 is 0 Å². The first-order chi connectivity index (χ1) is 10.1. The summed E-state index contributed by atoms with van der Waals surface area (Å²) in [7, 11) is 0. The van der Waals surface area contributed by atoms with Crippen molar-refractivity contribution >= 4 is 21.8 Å². The van der Waals surface area contributed by atoms with Crippen LogP contribution in [-0.4, -0.2) is 22.0 Å². The monoisotopic (exact) mass is 345 g/mol. The lowest BCUT2D eigenvalue weighted by molar-refractivity contribution is 0.0729. The number of nitrogens with zero attached hydrogens (tertiary/aromatic N) is 1. The number of rotatable bonds is 4. The summed E-state index contributed by atoms with van der Waals surface area (Å²) in [5, 5.41) is 9.57. The Balaban J connectivity index is 1.85. The number of carbonyl (C=O) groups excluding carboxylic acids is 1. The van der Waals surface area contributed by atoms with E-state index in [0.717, 1.165) is 22.9 Å². The maximum absolute atomic E-state index is 12.8. The van der Waals surface area contributed by atoms with E-state index in [1.807, 2.05) is 35.2 Å². The highest BCUT2D eigenvalue weighted by Gasteiger charge is 2.33. The van der Waals surface area contributed by atoms with E-state index in [1.165, 1.54) is 0 Å². The summed E-state index contributed by atoms with van der Waals surface area (Å²) >= 11 is 3.44. The zero-order chi connectivity index (χ0) is 14.8. The molecule has 0 aromatic heterocycles. The van der Waals surface area contributed by atoms with Gasteiger partial charge in [0.25, 0.3) is 5.91 Å². The van der Waals surface area contributed by atoms with E-state index in [1.54, 1.807) is 18.2 Å². The SMILES string of the molecule is O=C(c1ccccc1Br)N(Cc1cccc(O)c1)C1CC1. The minimum Gasteiger partial charge on any atom is -0.508 e. The van der Waals surface area contributed by atoms with Gasteiger partial charge in [0.2, 0.25) is 0 Å². The van der Waals surface area contributed by atoms with Crippen LogP contribution in [0.15, 0.2) is 53.0 Å². The fourth-order valence-electron chi connectivity index (χ4n) is 2.39. The van der Waals surface area contributed by atoms with Gasteiger partial charge in [-0.25, -0.2) is 0 Å². The molecule has 21 heavy (non-hydrogen) atoms. The Hall–Kier alpha value is -1.81. The van der Waals surface area contributed by atoms with Gasteiger partial charge in [0.1, 0.15) is 5.75 Å². The Kier molecular flexibility index (Phi) is 3.97. The molecule has 1 fully saturated rings. The number of hydrogen-bond donors (Lipinski definition) is 1. The normalized spacial score (nSPS) is 14.0. The lowest BCUT2D eigenvalue weighted by atomic mass is 10.1. The number of halogens is 1. The second kappa shape index (κ2) is 5.90. The lowest BCUT2D eigenvalue weighted by Crippen LogP contribution is -2.32. The van der Waals surface area contributed by atoms with E-state index in [4.69, 9.17) is 0 Å². The van der Waals surface area contributed by atoms with Crippen molar-refractivity contribution in [2.24, 2.45) is 0 Å². The van der Waals surface area contributed by atoms with Crippen molar-refractivity contribution in [3.8, 4) is 5.75 Å².